The zero-order valence-corrected chi connectivity index (χ0v) is 7.31. The van der Waals surface area contributed by atoms with Crippen molar-refractivity contribution in [3.05, 3.63) is 18.2 Å². The molecule has 0 atom stereocenters. The minimum atomic E-state index is -0.211. The fourth-order valence-corrected chi connectivity index (χ4v) is 0.808. The van der Waals surface area contributed by atoms with Gasteiger partial charge in [0, 0.05) is 7.05 Å². The molecule has 0 unspecified atom stereocenters. The quantitative estimate of drug-likeness (QED) is 0.415. The van der Waals surface area contributed by atoms with Crippen molar-refractivity contribution in [2.75, 3.05) is 14.2 Å². The van der Waals surface area contributed by atoms with Gasteiger partial charge < -0.3 is 4.48 Å². The first kappa shape index (κ1) is 8.80. The summed E-state index contributed by atoms with van der Waals surface area (Å²) in [5, 5.41) is 1.15. The summed E-state index contributed by atoms with van der Waals surface area (Å²) >= 11 is 0. The molecule has 1 aromatic rings. The van der Waals surface area contributed by atoms with Crippen LogP contribution >= 0.6 is 0 Å². The molecule has 0 aliphatic heterocycles. The molecule has 64 valence electrons. The molecular weight excluding hydrogens is 157 g/mol. The third-order valence-corrected chi connectivity index (χ3v) is 1.60. The molecule has 0 radical (unpaired) electrons. The summed E-state index contributed by atoms with van der Waals surface area (Å²) in [6, 6.07) is 0. The molecular formula is C6H10BN3O2. The van der Waals surface area contributed by atoms with Gasteiger partial charge in [0.05, 0.1) is 19.6 Å². The fraction of sp³-hybridized carbons (Fsp3) is 0.333. The molecule has 0 bridgehead atoms. The number of carbonyl (C=O) groups excluding carboxylic acids is 1. The van der Waals surface area contributed by atoms with Gasteiger partial charge in [-0.3, -0.25) is 9.63 Å². The largest absolute Gasteiger partial charge is 0.379 e. The maximum atomic E-state index is 11.4. The van der Waals surface area contributed by atoms with Crippen LogP contribution < -0.4 is 0 Å². The number of hydrogen-bond donors (Lipinski definition) is 0. The van der Waals surface area contributed by atoms with E-state index >= 15 is 0 Å². The minimum Gasteiger partial charge on any atom is -0.379 e. The molecule has 1 rings (SSSR count). The van der Waals surface area contributed by atoms with E-state index in [1.54, 1.807) is 25.8 Å². The van der Waals surface area contributed by atoms with Crippen LogP contribution in [0.3, 0.4) is 0 Å². The van der Waals surface area contributed by atoms with E-state index < -0.39 is 0 Å². The number of imidazole rings is 1. The number of nitrogens with zero attached hydrogens (tertiary/aromatic N) is 3. The Morgan fingerprint density at radius 3 is 2.92 bits per heavy atom. The molecule has 12 heavy (non-hydrogen) atoms. The predicted octanol–water partition coefficient (Wildman–Crippen LogP) is -1.09. The lowest BCUT2D eigenvalue weighted by molar-refractivity contribution is -0.0761. The molecule has 0 fully saturated rings. The fourth-order valence-electron chi connectivity index (χ4n) is 0.808. The second-order valence-corrected chi connectivity index (χ2v) is 2.37. The first-order valence-corrected chi connectivity index (χ1v) is 3.45. The summed E-state index contributed by atoms with van der Waals surface area (Å²) in [4.78, 5) is 20.0. The van der Waals surface area contributed by atoms with Gasteiger partial charge in [-0.2, -0.15) is 0 Å². The monoisotopic (exact) mass is 167 g/mol. The van der Waals surface area contributed by atoms with Gasteiger partial charge in [-0.25, -0.2) is 10.0 Å². The van der Waals surface area contributed by atoms with Crippen molar-refractivity contribution >= 4 is 13.9 Å². The standard InChI is InChI=1S/C6H10BN3O2/c1-9(12-2)6(11)5-3-8-4-10(5)7/h3-4H,7H2,1-2H3. The van der Waals surface area contributed by atoms with Crippen LogP contribution in [0.1, 0.15) is 10.5 Å². The van der Waals surface area contributed by atoms with Gasteiger partial charge in [0.1, 0.15) is 5.69 Å². The summed E-state index contributed by atoms with van der Waals surface area (Å²) < 4.78 is 1.64. The first-order chi connectivity index (χ1) is 5.66. The minimum absolute atomic E-state index is 0.211. The van der Waals surface area contributed by atoms with Crippen molar-refractivity contribution < 1.29 is 9.63 Å². The second-order valence-electron chi connectivity index (χ2n) is 2.37. The number of hydroxylamine groups is 2. The van der Waals surface area contributed by atoms with Gasteiger partial charge >= 0.3 is 0 Å². The van der Waals surface area contributed by atoms with Crippen LogP contribution in [0.5, 0.6) is 0 Å². The highest BCUT2D eigenvalue weighted by Gasteiger charge is 2.13. The number of amides is 1. The molecule has 0 aromatic carbocycles. The zero-order valence-electron chi connectivity index (χ0n) is 7.31. The predicted molar refractivity (Wildman–Crippen MR) is 45.3 cm³/mol. The highest BCUT2D eigenvalue weighted by Crippen LogP contribution is 2.00. The van der Waals surface area contributed by atoms with Crippen molar-refractivity contribution in [1.29, 1.82) is 0 Å². The first-order valence-electron chi connectivity index (χ1n) is 3.45. The number of hydrogen-bond acceptors (Lipinski definition) is 3. The van der Waals surface area contributed by atoms with E-state index in [4.69, 9.17) is 4.84 Å². The molecule has 0 saturated carbocycles. The molecule has 6 heteroatoms. The van der Waals surface area contributed by atoms with Crippen LogP contribution in [0.2, 0.25) is 0 Å². The third kappa shape index (κ3) is 1.48. The topological polar surface area (TPSA) is 47.4 Å². The van der Waals surface area contributed by atoms with Crippen molar-refractivity contribution in [1.82, 2.24) is 14.5 Å². The summed E-state index contributed by atoms with van der Waals surface area (Å²) in [6.45, 7) is 0. The average Bonchev–Trinajstić information content (AvgIpc) is 2.48. The van der Waals surface area contributed by atoms with E-state index in [0.29, 0.717) is 5.69 Å². The Balaban J connectivity index is 2.85. The van der Waals surface area contributed by atoms with Crippen molar-refractivity contribution in [2.45, 2.75) is 0 Å². The number of rotatable bonds is 2. The molecule has 0 saturated heterocycles. The SMILES string of the molecule is Bn1cncc1C(=O)N(C)OC. The highest BCUT2D eigenvalue weighted by atomic mass is 16.7. The Hall–Kier alpha value is -1.30. The van der Waals surface area contributed by atoms with Crippen LogP contribution in [-0.2, 0) is 4.84 Å². The highest BCUT2D eigenvalue weighted by molar-refractivity contribution is 6.10. The Kier molecular flexibility index (Phi) is 2.49. The van der Waals surface area contributed by atoms with Crippen LogP contribution in [-0.4, -0.2) is 42.6 Å². The lowest BCUT2D eigenvalue weighted by Crippen LogP contribution is -2.27. The van der Waals surface area contributed by atoms with E-state index in [1.807, 2.05) is 0 Å². The molecule has 0 spiro atoms. The maximum absolute atomic E-state index is 11.4. The lowest BCUT2D eigenvalue weighted by atomic mass is 10.3. The maximum Gasteiger partial charge on any atom is 0.294 e. The molecule has 1 amide bonds. The summed E-state index contributed by atoms with van der Waals surface area (Å²) in [6.07, 6.45) is 3.06. The van der Waals surface area contributed by atoms with Crippen LogP contribution in [0.25, 0.3) is 0 Å². The van der Waals surface area contributed by atoms with Crippen LogP contribution in [0.4, 0.5) is 0 Å². The van der Waals surface area contributed by atoms with Crippen molar-refractivity contribution in [3.63, 3.8) is 0 Å². The smallest absolute Gasteiger partial charge is 0.294 e. The van der Waals surface area contributed by atoms with Crippen molar-refractivity contribution in [2.24, 2.45) is 0 Å². The molecule has 1 aromatic heterocycles. The average molecular weight is 167 g/mol. The van der Waals surface area contributed by atoms with E-state index in [9.17, 15) is 4.79 Å². The van der Waals surface area contributed by atoms with E-state index in [-0.39, 0.29) is 5.91 Å². The molecule has 5 nitrogen and oxygen atoms in total. The van der Waals surface area contributed by atoms with Gasteiger partial charge in [-0.15, -0.1) is 0 Å². The lowest BCUT2D eigenvalue weighted by Gasteiger charge is -2.13. The Labute approximate surface area is 71.3 Å². The van der Waals surface area contributed by atoms with Gasteiger partial charge in [0.25, 0.3) is 5.91 Å². The van der Waals surface area contributed by atoms with Gasteiger partial charge in [0.15, 0.2) is 0 Å². The van der Waals surface area contributed by atoms with Crippen LogP contribution in [0, 0.1) is 0 Å². The van der Waals surface area contributed by atoms with Crippen molar-refractivity contribution in [3.8, 4) is 0 Å². The van der Waals surface area contributed by atoms with Gasteiger partial charge in [-0.05, 0) is 0 Å². The van der Waals surface area contributed by atoms with E-state index in [0.717, 1.165) is 5.06 Å². The van der Waals surface area contributed by atoms with E-state index in [1.165, 1.54) is 13.3 Å². The van der Waals surface area contributed by atoms with E-state index in [2.05, 4.69) is 4.98 Å². The Bertz CT molecular complexity index is 286. The summed E-state index contributed by atoms with van der Waals surface area (Å²) in [5.74, 6) is -0.211. The third-order valence-electron chi connectivity index (χ3n) is 1.60. The number of aromatic nitrogens is 2. The summed E-state index contributed by atoms with van der Waals surface area (Å²) in [5.41, 5.74) is 0.499. The normalized spacial score (nSPS) is 9.83. The Morgan fingerprint density at radius 2 is 2.50 bits per heavy atom. The van der Waals surface area contributed by atoms with Gasteiger partial charge in [0.2, 0.25) is 7.98 Å². The summed E-state index contributed by atoms with van der Waals surface area (Å²) in [7, 11) is 4.74. The van der Waals surface area contributed by atoms with Gasteiger partial charge in [-0.1, -0.05) is 0 Å². The second kappa shape index (κ2) is 3.40. The molecule has 0 aliphatic rings. The Morgan fingerprint density at radius 1 is 1.83 bits per heavy atom. The molecule has 1 heterocycles. The number of carbonyl (C=O) groups is 1. The molecule has 0 aliphatic carbocycles. The van der Waals surface area contributed by atoms with Crippen LogP contribution in [0.15, 0.2) is 12.5 Å². The zero-order chi connectivity index (χ0) is 9.14. The molecule has 0 N–H and O–H groups in total.